The van der Waals surface area contributed by atoms with Gasteiger partial charge in [0.25, 0.3) is 5.56 Å². The van der Waals surface area contributed by atoms with Crippen LogP contribution in [0, 0.1) is 11.3 Å². The van der Waals surface area contributed by atoms with Crippen LogP contribution in [0.4, 0.5) is 0 Å². The normalized spacial score (nSPS) is 10.2. The number of aromatic nitrogens is 1. The fourth-order valence-corrected chi connectivity index (χ4v) is 2.85. The number of aromatic amines is 1. The number of carbonyl (C=O) groups is 1. The molecule has 0 radical (unpaired) electrons. The number of ether oxygens (including phenoxy) is 1. The van der Waals surface area contributed by atoms with E-state index in [1.807, 2.05) is 30.3 Å². The predicted molar refractivity (Wildman–Crippen MR) is 103 cm³/mol. The molecule has 6 nitrogen and oxygen atoms in total. The first-order valence-electron chi connectivity index (χ1n) is 7.86. The highest BCUT2D eigenvalue weighted by Gasteiger charge is 2.13. The van der Waals surface area contributed by atoms with Crippen molar-refractivity contribution < 1.29 is 14.6 Å². The zero-order chi connectivity index (χ0) is 19.4. The van der Waals surface area contributed by atoms with Crippen LogP contribution in [0.2, 0.25) is 0 Å². The molecular formula is C20H13BrN2O4. The van der Waals surface area contributed by atoms with E-state index in [2.05, 4.69) is 20.9 Å². The lowest BCUT2D eigenvalue weighted by Crippen LogP contribution is -2.13. The summed E-state index contributed by atoms with van der Waals surface area (Å²) >= 11 is 3.37. The Labute approximate surface area is 162 Å². The van der Waals surface area contributed by atoms with Gasteiger partial charge in [0.2, 0.25) is 0 Å². The highest BCUT2D eigenvalue weighted by Crippen LogP contribution is 2.29. The van der Waals surface area contributed by atoms with Gasteiger partial charge in [-0.3, -0.25) is 4.79 Å². The molecule has 0 aliphatic heterocycles. The first-order valence-corrected chi connectivity index (χ1v) is 8.65. The van der Waals surface area contributed by atoms with Crippen molar-refractivity contribution in [2.75, 3.05) is 6.61 Å². The third-order valence-corrected chi connectivity index (χ3v) is 4.34. The molecule has 0 aliphatic rings. The number of pyridine rings is 1. The lowest BCUT2D eigenvalue weighted by Gasteiger charge is -2.10. The number of rotatable bonds is 5. The van der Waals surface area contributed by atoms with Crippen molar-refractivity contribution in [2.24, 2.45) is 0 Å². The van der Waals surface area contributed by atoms with Gasteiger partial charge in [0.1, 0.15) is 17.4 Å². The number of aliphatic carboxylic acids is 1. The van der Waals surface area contributed by atoms with Gasteiger partial charge < -0.3 is 14.8 Å². The number of nitrogens with zero attached hydrogens (tertiary/aromatic N) is 1. The van der Waals surface area contributed by atoms with E-state index in [1.54, 1.807) is 30.3 Å². The lowest BCUT2D eigenvalue weighted by molar-refractivity contribution is -0.139. The molecule has 2 N–H and O–H groups in total. The van der Waals surface area contributed by atoms with Gasteiger partial charge in [-0.15, -0.1) is 0 Å². The van der Waals surface area contributed by atoms with E-state index in [4.69, 9.17) is 9.84 Å². The molecule has 3 rings (SSSR count). The van der Waals surface area contributed by atoms with Crippen LogP contribution in [-0.4, -0.2) is 22.7 Å². The molecule has 0 saturated heterocycles. The maximum Gasteiger partial charge on any atom is 0.341 e. The Bertz CT molecular complexity index is 1100. The van der Waals surface area contributed by atoms with Gasteiger partial charge in [-0.2, -0.15) is 5.26 Å². The molecule has 0 bridgehead atoms. The van der Waals surface area contributed by atoms with Gasteiger partial charge in [-0.25, -0.2) is 4.79 Å². The van der Waals surface area contributed by atoms with E-state index in [9.17, 15) is 14.9 Å². The Hall–Kier alpha value is -3.37. The SMILES string of the molecule is N#Cc1c(-c2cccc(OCC(=O)O)c2)cc(-c2ccc(Br)cc2)[nH]c1=O. The van der Waals surface area contributed by atoms with Gasteiger partial charge in [0.15, 0.2) is 6.61 Å². The van der Waals surface area contributed by atoms with Crippen LogP contribution < -0.4 is 10.3 Å². The molecular weight excluding hydrogens is 412 g/mol. The van der Waals surface area contributed by atoms with Crippen LogP contribution >= 0.6 is 15.9 Å². The summed E-state index contributed by atoms with van der Waals surface area (Å²) in [5, 5.41) is 18.2. The number of hydrogen-bond acceptors (Lipinski definition) is 4. The van der Waals surface area contributed by atoms with Gasteiger partial charge >= 0.3 is 5.97 Å². The van der Waals surface area contributed by atoms with Crippen LogP contribution in [0.15, 0.2) is 63.9 Å². The first kappa shape index (κ1) is 18.4. The first-order chi connectivity index (χ1) is 13.0. The Morgan fingerprint density at radius 2 is 1.89 bits per heavy atom. The van der Waals surface area contributed by atoms with E-state index in [-0.39, 0.29) is 5.56 Å². The minimum Gasteiger partial charge on any atom is -0.482 e. The fraction of sp³-hybridized carbons (Fsp3) is 0.0500. The molecule has 27 heavy (non-hydrogen) atoms. The largest absolute Gasteiger partial charge is 0.482 e. The maximum absolute atomic E-state index is 12.4. The zero-order valence-corrected chi connectivity index (χ0v) is 15.5. The molecule has 0 spiro atoms. The second-order valence-corrected chi connectivity index (χ2v) is 6.55. The third kappa shape index (κ3) is 4.25. The average molecular weight is 425 g/mol. The number of carboxylic acid groups (broad SMARTS) is 1. The summed E-state index contributed by atoms with van der Waals surface area (Å²) in [6, 6.07) is 17.7. The lowest BCUT2D eigenvalue weighted by atomic mass is 9.99. The molecule has 0 saturated carbocycles. The summed E-state index contributed by atoms with van der Waals surface area (Å²) in [6.45, 7) is -0.478. The van der Waals surface area contributed by atoms with Crippen molar-refractivity contribution >= 4 is 21.9 Å². The number of H-pyrrole nitrogens is 1. The predicted octanol–water partition coefficient (Wildman–Crippen LogP) is 3.81. The molecule has 2 aromatic carbocycles. The van der Waals surface area contributed by atoms with Gasteiger partial charge in [0, 0.05) is 15.7 Å². The minimum atomic E-state index is -1.09. The van der Waals surface area contributed by atoms with E-state index >= 15 is 0 Å². The summed E-state index contributed by atoms with van der Waals surface area (Å²) in [5.74, 6) is -0.754. The molecule has 7 heteroatoms. The van der Waals surface area contributed by atoms with Crippen LogP contribution in [0.25, 0.3) is 22.4 Å². The maximum atomic E-state index is 12.4. The number of nitrogens with one attached hydrogen (secondary N) is 1. The molecule has 1 heterocycles. The number of halogens is 1. The van der Waals surface area contributed by atoms with Crippen LogP contribution in [0.1, 0.15) is 5.56 Å². The molecule has 0 fully saturated rings. The molecule has 134 valence electrons. The number of hydrogen-bond donors (Lipinski definition) is 2. The van der Waals surface area contributed by atoms with Gasteiger partial charge in [-0.05, 0) is 41.5 Å². The van der Waals surface area contributed by atoms with Gasteiger partial charge in [0.05, 0.1) is 0 Å². The Kier molecular flexibility index (Phi) is 5.38. The highest BCUT2D eigenvalue weighted by molar-refractivity contribution is 9.10. The van der Waals surface area contributed by atoms with Crippen molar-refractivity contribution in [3.63, 3.8) is 0 Å². The van der Waals surface area contributed by atoms with Crippen LogP contribution in [-0.2, 0) is 4.79 Å². The fourth-order valence-electron chi connectivity index (χ4n) is 2.58. The standard InChI is InChI=1S/C20H13BrN2O4/c21-14-6-4-12(5-7-14)18-9-16(17(10-22)20(26)23-18)13-2-1-3-15(8-13)27-11-19(24)25/h1-9H,11H2,(H,23,26)(H,24,25). The number of benzene rings is 2. The van der Waals surface area contributed by atoms with E-state index in [1.165, 1.54) is 0 Å². The topological polar surface area (TPSA) is 103 Å². The van der Waals surface area contributed by atoms with Crippen molar-refractivity contribution in [3.05, 3.63) is 75.0 Å². The third-order valence-electron chi connectivity index (χ3n) is 3.81. The molecule has 0 aliphatic carbocycles. The molecule has 0 amide bonds. The second kappa shape index (κ2) is 7.89. The average Bonchev–Trinajstić information content (AvgIpc) is 2.66. The second-order valence-electron chi connectivity index (χ2n) is 5.63. The quantitative estimate of drug-likeness (QED) is 0.647. The smallest absolute Gasteiger partial charge is 0.341 e. The van der Waals surface area contributed by atoms with Gasteiger partial charge in [-0.1, -0.05) is 40.2 Å². The van der Waals surface area contributed by atoms with E-state index < -0.39 is 18.1 Å². The number of nitriles is 1. The Balaban J connectivity index is 2.10. The monoisotopic (exact) mass is 424 g/mol. The summed E-state index contributed by atoms with van der Waals surface area (Å²) in [6.07, 6.45) is 0. The summed E-state index contributed by atoms with van der Waals surface area (Å²) in [7, 11) is 0. The molecule has 1 aromatic heterocycles. The van der Waals surface area contributed by atoms with Crippen LogP contribution in [0.3, 0.4) is 0 Å². The Morgan fingerprint density at radius 1 is 1.15 bits per heavy atom. The molecule has 3 aromatic rings. The van der Waals surface area contributed by atoms with Crippen LogP contribution in [0.5, 0.6) is 5.75 Å². The van der Waals surface area contributed by atoms with E-state index in [0.29, 0.717) is 22.6 Å². The zero-order valence-electron chi connectivity index (χ0n) is 13.9. The minimum absolute atomic E-state index is 0.0220. The summed E-state index contributed by atoms with van der Waals surface area (Å²) in [4.78, 5) is 25.8. The van der Waals surface area contributed by atoms with Crippen molar-refractivity contribution in [1.29, 1.82) is 5.26 Å². The summed E-state index contributed by atoms with van der Waals surface area (Å²) < 4.78 is 6.10. The Morgan fingerprint density at radius 3 is 2.56 bits per heavy atom. The van der Waals surface area contributed by atoms with Crippen molar-refractivity contribution in [2.45, 2.75) is 0 Å². The summed E-state index contributed by atoms with van der Waals surface area (Å²) in [5.41, 5.74) is 1.87. The number of carboxylic acids is 1. The van der Waals surface area contributed by atoms with Crippen molar-refractivity contribution in [3.8, 4) is 34.2 Å². The van der Waals surface area contributed by atoms with Crippen molar-refractivity contribution in [1.82, 2.24) is 4.98 Å². The highest BCUT2D eigenvalue weighted by atomic mass is 79.9. The molecule has 0 atom stereocenters. The van der Waals surface area contributed by atoms with E-state index in [0.717, 1.165) is 10.0 Å². The molecule has 0 unspecified atom stereocenters.